The molecule has 0 radical (unpaired) electrons. The molecule has 1 aromatic carbocycles. The molecule has 1 heterocycles. The van der Waals surface area contributed by atoms with E-state index in [9.17, 15) is 13.2 Å². The maximum absolute atomic E-state index is 12.7. The Hall–Kier alpha value is -1.06. The molecule has 0 bridgehead atoms. The maximum Gasteiger partial charge on any atom is 0.254 e. The Kier molecular flexibility index (Phi) is 8.82. The van der Waals surface area contributed by atoms with Crippen LogP contribution in [-0.4, -0.2) is 67.5 Å². The molecule has 1 aliphatic heterocycles. The molecule has 1 aliphatic carbocycles. The summed E-state index contributed by atoms with van der Waals surface area (Å²) in [6, 6.07) is 5.05. The number of benzene rings is 1. The number of hydrogen-bond donors (Lipinski definition) is 2. The van der Waals surface area contributed by atoms with Gasteiger partial charge >= 0.3 is 0 Å². The minimum absolute atomic E-state index is 0. The van der Waals surface area contributed by atoms with Crippen LogP contribution in [0.2, 0.25) is 5.02 Å². The molecule has 1 aromatic rings. The number of rotatable bonds is 7. The van der Waals surface area contributed by atoms with Gasteiger partial charge in [-0.15, -0.1) is 12.4 Å². The predicted molar refractivity (Wildman–Crippen MR) is 124 cm³/mol. The number of hydrogen-bond acceptors (Lipinski definition) is 5. The summed E-state index contributed by atoms with van der Waals surface area (Å²) in [5, 5.41) is 3.39. The van der Waals surface area contributed by atoms with E-state index < -0.39 is 10.0 Å². The quantitative estimate of drug-likeness (QED) is 0.587. The molecule has 7 nitrogen and oxygen atoms in total. The van der Waals surface area contributed by atoms with Gasteiger partial charge in [0.25, 0.3) is 5.91 Å². The fourth-order valence-electron chi connectivity index (χ4n) is 4.58. The van der Waals surface area contributed by atoms with Gasteiger partial charge in [0.1, 0.15) is 0 Å². The second-order valence-corrected chi connectivity index (χ2v) is 10.5. The molecule has 10 heteroatoms. The van der Waals surface area contributed by atoms with Crippen LogP contribution in [0.3, 0.4) is 0 Å². The normalized spacial score (nSPS) is 19.9. The van der Waals surface area contributed by atoms with Crippen molar-refractivity contribution in [1.82, 2.24) is 14.5 Å². The highest BCUT2D eigenvalue weighted by Gasteiger charge is 2.42. The molecule has 170 valence electrons. The third-order valence-electron chi connectivity index (χ3n) is 6.15. The summed E-state index contributed by atoms with van der Waals surface area (Å²) in [4.78, 5) is 15.1. The SMILES string of the molecule is CCCS(=O)(=O)N1CCN(C2(CNC(=O)c3c(N)cccc3Cl)CCCC2)CC1.Cl. The van der Waals surface area contributed by atoms with E-state index in [0.717, 1.165) is 25.7 Å². The number of halogens is 2. The molecule has 1 saturated heterocycles. The number of nitrogen functional groups attached to an aromatic ring is 1. The number of anilines is 1. The zero-order chi connectivity index (χ0) is 21.1. The van der Waals surface area contributed by atoms with Gasteiger partial charge in [-0.3, -0.25) is 9.69 Å². The number of carbonyl (C=O) groups excluding carboxylic acids is 1. The van der Waals surface area contributed by atoms with Crippen molar-refractivity contribution in [2.24, 2.45) is 0 Å². The molecule has 2 aliphatic rings. The van der Waals surface area contributed by atoms with Gasteiger partial charge < -0.3 is 11.1 Å². The average molecular weight is 479 g/mol. The van der Waals surface area contributed by atoms with E-state index in [1.54, 1.807) is 22.5 Å². The first-order valence-electron chi connectivity index (χ1n) is 10.3. The Labute approximate surface area is 190 Å². The van der Waals surface area contributed by atoms with Gasteiger partial charge in [0, 0.05) is 44.0 Å². The van der Waals surface area contributed by atoms with Crippen LogP contribution in [0.1, 0.15) is 49.4 Å². The Morgan fingerprint density at radius 2 is 1.83 bits per heavy atom. The Bertz CT molecular complexity index is 816. The van der Waals surface area contributed by atoms with E-state index in [4.69, 9.17) is 17.3 Å². The third-order valence-corrected chi connectivity index (χ3v) is 8.54. The molecular weight excluding hydrogens is 447 g/mol. The predicted octanol–water partition coefficient (Wildman–Crippen LogP) is 2.74. The largest absolute Gasteiger partial charge is 0.398 e. The van der Waals surface area contributed by atoms with Crippen molar-refractivity contribution in [3.63, 3.8) is 0 Å². The first-order valence-corrected chi connectivity index (χ1v) is 12.3. The molecule has 1 saturated carbocycles. The summed E-state index contributed by atoms with van der Waals surface area (Å²) in [5.74, 6) is -0.0588. The third kappa shape index (κ3) is 5.40. The van der Waals surface area contributed by atoms with E-state index in [-0.39, 0.29) is 29.6 Å². The van der Waals surface area contributed by atoms with Crippen LogP contribution in [0.25, 0.3) is 0 Å². The van der Waals surface area contributed by atoms with Crippen LogP contribution in [0.15, 0.2) is 18.2 Å². The molecule has 2 fully saturated rings. The van der Waals surface area contributed by atoms with E-state index in [1.165, 1.54) is 0 Å². The van der Waals surface area contributed by atoms with Gasteiger partial charge in [0.2, 0.25) is 10.0 Å². The Balaban J connectivity index is 0.00000320. The van der Waals surface area contributed by atoms with Crippen LogP contribution in [0, 0.1) is 0 Å². The summed E-state index contributed by atoms with van der Waals surface area (Å²) < 4.78 is 26.3. The van der Waals surface area contributed by atoms with Gasteiger partial charge in [-0.1, -0.05) is 37.4 Å². The van der Waals surface area contributed by atoms with Crippen LogP contribution in [0.4, 0.5) is 5.69 Å². The zero-order valence-electron chi connectivity index (χ0n) is 17.4. The van der Waals surface area contributed by atoms with Crippen LogP contribution >= 0.6 is 24.0 Å². The highest BCUT2D eigenvalue weighted by atomic mass is 35.5. The van der Waals surface area contributed by atoms with Crippen molar-refractivity contribution in [2.75, 3.05) is 44.2 Å². The molecule has 30 heavy (non-hydrogen) atoms. The number of nitrogens with two attached hydrogens (primary N) is 1. The van der Waals surface area contributed by atoms with Crippen molar-refractivity contribution in [3.8, 4) is 0 Å². The summed E-state index contributed by atoms with van der Waals surface area (Å²) in [6.45, 7) is 4.79. The number of carbonyl (C=O) groups is 1. The minimum atomic E-state index is -3.16. The summed E-state index contributed by atoms with van der Waals surface area (Å²) in [7, 11) is -3.16. The number of piperazine rings is 1. The standard InChI is InChI=1S/C20H31ClN4O3S.ClH/c1-2-14-29(27,28)25-12-10-24(11-13-25)20(8-3-4-9-20)15-23-19(26)18-16(21)6-5-7-17(18)22;/h5-7H,2-4,8-15,22H2,1H3,(H,23,26);1H. The second kappa shape index (κ2) is 10.5. The van der Waals surface area contributed by atoms with Gasteiger partial charge in [-0.2, -0.15) is 4.31 Å². The van der Waals surface area contributed by atoms with Crippen molar-refractivity contribution in [3.05, 3.63) is 28.8 Å². The van der Waals surface area contributed by atoms with Crippen molar-refractivity contribution < 1.29 is 13.2 Å². The van der Waals surface area contributed by atoms with E-state index >= 15 is 0 Å². The second-order valence-electron chi connectivity index (χ2n) is 8.02. The first-order chi connectivity index (χ1) is 13.8. The smallest absolute Gasteiger partial charge is 0.254 e. The summed E-state index contributed by atoms with van der Waals surface area (Å²) in [5.41, 5.74) is 6.50. The van der Waals surface area contributed by atoms with Crippen molar-refractivity contribution >= 4 is 45.6 Å². The summed E-state index contributed by atoms with van der Waals surface area (Å²) >= 11 is 6.17. The monoisotopic (exact) mass is 478 g/mol. The number of nitrogens with one attached hydrogen (secondary N) is 1. The molecule has 3 rings (SSSR count). The lowest BCUT2D eigenvalue weighted by atomic mass is 9.93. The molecule has 1 amide bonds. The highest BCUT2D eigenvalue weighted by Crippen LogP contribution is 2.36. The van der Waals surface area contributed by atoms with Crippen molar-refractivity contribution in [2.45, 2.75) is 44.6 Å². The lowest BCUT2D eigenvalue weighted by Gasteiger charge is -2.45. The number of nitrogens with zero attached hydrogens (tertiary/aromatic N) is 2. The maximum atomic E-state index is 12.7. The van der Waals surface area contributed by atoms with Crippen molar-refractivity contribution in [1.29, 1.82) is 0 Å². The fraction of sp³-hybridized carbons (Fsp3) is 0.650. The lowest BCUT2D eigenvalue weighted by molar-refractivity contribution is 0.0540. The topological polar surface area (TPSA) is 95.7 Å². The summed E-state index contributed by atoms with van der Waals surface area (Å²) in [6.07, 6.45) is 4.83. The number of sulfonamides is 1. The van der Waals surface area contributed by atoms with Gasteiger partial charge in [0.15, 0.2) is 0 Å². The van der Waals surface area contributed by atoms with Gasteiger partial charge in [0.05, 0.1) is 16.3 Å². The fourth-order valence-corrected chi connectivity index (χ4v) is 6.34. The minimum Gasteiger partial charge on any atom is -0.398 e. The van der Waals surface area contributed by atoms with Crippen LogP contribution in [0.5, 0.6) is 0 Å². The van der Waals surface area contributed by atoms with E-state index in [2.05, 4.69) is 10.2 Å². The average Bonchev–Trinajstić information content (AvgIpc) is 3.16. The van der Waals surface area contributed by atoms with Gasteiger partial charge in [-0.25, -0.2) is 8.42 Å². The van der Waals surface area contributed by atoms with Crippen LogP contribution < -0.4 is 11.1 Å². The lowest BCUT2D eigenvalue weighted by Crippen LogP contribution is -2.60. The molecular formula is C20H32Cl2N4O3S. The zero-order valence-corrected chi connectivity index (χ0v) is 19.8. The Morgan fingerprint density at radius 1 is 1.20 bits per heavy atom. The first kappa shape index (κ1) is 25.2. The molecule has 0 atom stereocenters. The Morgan fingerprint density at radius 3 is 2.40 bits per heavy atom. The number of amides is 1. The molecule has 0 unspecified atom stereocenters. The van der Waals surface area contributed by atoms with Gasteiger partial charge in [-0.05, 0) is 31.4 Å². The molecule has 0 spiro atoms. The van der Waals surface area contributed by atoms with Crippen LogP contribution in [-0.2, 0) is 10.0 Å². The molecule has 3 N–H and O–H groups in total. The molecule has 0 aromatic heterocycles. The van der Waals surface area contributed by atoms with E-state index in [1.807, 2.05) is 6.92 Å². The highest BCUT2D eigenvalue weighted by molar-refractivity contribution is 7.89. The van der Waals surface area contributed by atoms with E-state index in [0.29, 0.717) is 55.4 Å².